The molecule has 0 saturated heterocycles. The Hall–Kier alpha value is -0.860. The molecule has 0 aromatic carbocycles. The number of aromatic nitrogens is 3. The second kappa shape index (κ2) is 6.77. The largest absolute Gasteiger partial charge is 0.252 e. The van der Waals surface area contributed by atoms with Crippen LogP contribution < -0.4 is 0 Å². The van der Waals surface area contributed by atoms with E-state index in [1.807, 2.05) is 4.68 Å². The Balaban J connectivity index is 2.30. The van der Waals surface area contributed by atoms with E-state index in [4.69, 9.17) is 0 Å². The number of nitrogens with zero attached hydrogens (tertiary/aromatic N) is 3. The van der Waals surface area contributed by atoms with Crippen molar-refractivity contribution in [3.8, 4) is 0 Å². The molecule has 1 unspecified atom stereocenters. The molecule has 3 nitrogen and oxygen atoms in total. The summed E-state index contributed by atoms with van der Waals surface area (Å²) < 4.78 is 1.99. The Kier molecular flexibility index (Phi) is 5.66. The zero-order valence-electron chi connectivity index (χ0n) is 12.0. The number of aryl methyl sites for hydroxylation is 1. The van der Waals surface area contributed by atoms with Crippen molar-refractivity contribution < 1.29 is 0 Å². The molecule has 0 fully saturated rings. The van der Waals surface area contributed by atoms with Crippen molar-refractivity contribution in [2.75, 3.05) is 0 Å². The highest BCUT2D eigenvalue weighted by Crippen LogP contribution is 2.16. The van der Waals surface area contributed by atoms with Crippen LogP contribution in [0.3, 0.4) is 0 Å². The molecule has 0 radical (unpaired) electrons. The highest BCUT2D eigenvalue weighted by molar-refractivity contribution is 4.93. The summed E-state index contributed by atoms with van der Waals surface area (Å²) in [4.78, 5) is 0. The first-order valence-corrected chi connectivity index (χ1v) is 6.88. The summed E-state index contributed by atoms with van der Waals surface area (Å²) in [6.07, 6.45) is 5.60. The minimum atomic E-state index is 0.654. The molecule has 0 aliphatic carbocycles. The van der Waals surface area contributed by atoms with Crippen LogP contribution in [0.2, 0.25) is 0 Å². The lowest BCUT2D eigenvalue weighted by atomic mass is 9.93. The summed E-state index contributed by atoms with van der Waals surface area (Å²) in [7, 11) is 0. The maximum atomic E-state index is 4.20. The van der Waals surface area contributed by atoms with Gasteiger partial charge in [0.1, 0.15) is 0 Å². The van der Waals surface area contributed by atoms with Gasteiger partial charge in [0.2, 0.25) is 0 Å². The van der Waals surface area contributed by atoms with E-state index in [9.17, 15) is 0 Å². The zero-order valence-corrected chi connectivity index (χ0v) is 12.0. The van der Waals surface area contributed by atoms with E-state index < -0.39 is 0 Å². The molecule has 1 rings (SSSR count). The summed E-state index contributed by atoms with van der Waals surface area (Å²) in [5.74, 6) is 2.23. The van der Waals surface area contributed by atoms with Gasteiger partial charge in [0.15, 0.2) is 0 Å². The van der Waals surface area contributed by atoms with E-state index in [0.29, 0.717) is 5.92 Å². The zero-order chi connectivity index (χ0) is 12.8. The van der Waals surface area contributed by atoms with Crippen LogP contribution in [0.1, 0.15) is 53.2 Å². The minimum Gasteiger partial charge on any atom is -0.252 e. The van der Waals surface area contributed by atoms with E-state index >= 15 is 0 Å². The highest BCUT2D eigenvalue weighted by atomic mass is 15.4. The first-order chi connectivity index (χ1) is 7.99. The average Bonchev–Trinajstić information content (AvgIpc) is 2.64. The molecule has 3 heteroatoms. The number of hydrogen-bond donors (Lipinski definition) is 0. The van der Waals surface area contributed by atoms with Gasteiger partial charge in [-0.3, -0.25) is 4.68 Å². The van der Waals surface area contributed by atoms with Gasteiger partial charge in [0.25, 0.3) is 0 Å². The number of hydrogen-bond acceptors (Lipinski definition) is 2. The van der Waals surface area contributed by atoms with E-state index in [-0.39, 0.29) is 0 Å². The van der Waals surface area contributed by atoms with Crippen LogP contribution in [-0.2, 0) is 13.0 Å². The molecule has 0 aliphatic rings. The molecule has 0 bridgehead atoms. The van der Waals surface area contributed by atoms with Crippen molar-refractivity contribution in [3.05, 3.63) is 11.9 Å². The van der Waals surface area contributed by atoms with Gasteiger partial charge in [0.05, 0.1) is 5.69 Å². The standard InChI is InChI=1S/C14H27N3/c1-11(2)9-14-10-17(16-15-14)8-6-7-13(5)12(3)4/h10-13H,6-9H2,1-5H3. The molecule has 1 aromatic heterocycles. The third-order valence-corrected chi connectivity index (χ3v) is 3.39. The first-order valence-electron chi connectivity index (χ1n) is 6.88. The molecule has 98 valence electrons. The van der Waals surface area contributed by atoms with Crippen LogP contribution in [0, 0.1) is 17.8 Å². The van der Waals surface area contributed by atoms with E-state index in [2.05, 4.69) is 51.1 Å². The maximum Gasteiger partial charge on any atom is 0.0829 e. The van der Waals surface area contributed by atoms with E-state index in [1.54, 1.807) is 0 Å². The third-order valence-electron chi connectivity index (χ3n) is 3.39. The molecule has 0 aliphatic heterocycles. The summed E-state index contributed by atoms with van der Waals surface area (Å²) in [6.45, 7) is 12.3. The SMILES string of the molecule is CC(C)Cc1cn(CCCC(C)C(C)C)nn1. The number of rotatable bonds is 7. The molecule has 1 atom stereocenters. The van der Waals surface area contributed by atoms with E-state index in [0.717, 1.165) is 30.5 Å². The van der Waals surface area contributed by atoms with Gasteiger partial charge in [-0.25, -0.2) is 0 Å². The molecule has 1 heterocycles. The van der Waals surface area contributed by atoms with Gasteiger partial charge in [-0.2, -0.15) is 0 Å². The van der Waals surface area contributed by atoms with Crippen molar-refractivity contribution in [3.63, 3.8) is 0 Å². The molecular formula is C14H27N3. The van der Waals surface area contributed by atoms with Crippen LogP contribution in [0.15, 0.2) is 6.20 Å². The highest BCUT2D eigenvalue weighted by Gasteiger charge is 2.07. The Bertz CT molecular complexity index is 315. The minimum absolute atomic E-state index is 0.654. The summed E-state index contributed by atoms with van der Waals surface area (Å²) in [6, 6.07) is 0. The Morgan fingerprint density at radius 1 is 1.18 bits per heavy atom. The maximum absolute atomic E-state index is 4.20. The second-order valence-electron chi connectivity index (χ2n) is 5.93. The van der Waals surface area contributed by atoms with Crippen molar-refractivity contribution in [1.29, 1.82) is 0 Å². The Labute approximate surface area is 106 Å². The molecule has 0 saturated carbocycles. The topological polar surface area (TPSA) is 30.7 Å². The Morgan fingerprint density at radius 3 is 2.47 bits per heavy atom. The predicted molar refractivity (Wildman–Crippen MR) is 71.8 cm³/mol. The van der Waals surface area contributed by atoms with Gasteiger partial charge >= 0.3 is 0 Å². The predicted octanol–water partition coefficient (Wildman–Crippen LogP) is 3.55. The lowest BCUT2D eigenvalue weighted by Gasteiger charge is -2.14. The van der Waals surface area contributed by atoms with Crippen LogP contribution in [0.25, 0.3) is 0 Å². The van der Waals surface area contributed by atoms with Crippen molar-refractivity contribution >= 4 is 0 Å². The van der Waals surface area contributed by atoms with Gasteiger partial charge in [-0.15, -0.1) is 5.10 Å². The van der Waals surface area contributed by atoms with Gasteiger partial charge < -0.3 is 0 Å². The Morgan fingerprint density at radius 2 is 1.88 bits per heavy atom. The fourth-order valence-electron chi connectivity index (χ4n) is 1.87. The monoisotopic (exact) mass is 237 g/mol. The first kappa shape index (κ1) is 14.2. The quantitative estimate of drug-likeness (QED) is 0.726. The summed E-state index contributed by atoms with van der Waals surface area (Å²) >= 11 is 0. The fourth-order valence-corrected chi connectivity index (χ4v) is 1.87. The third kappa shape index (κ3) is 5.33. The van der Waals surface area contributed by atoms with Gasteiger partial charge in [-0.05, 0) is 37.0 Å². The van der Waals surface area contributed by atoms with Crippen LogP contribution in [0.4, 0.5) is 0 Å². The molecule has 0 spiro atoms. The molecule has 0 amide bonds. The van der Waals surface area contributed by atoms with Crippen LogP contribution in [-0.4, -0.2) is 15.0 Å². The molecule has 17 heavy (non-hydrogen) atoms. The lowest BCUT2D eigenvalue weighted by Crippen LogP contribution is -2.06. The lowest BCUT2D eigenvalue weighted by molar-refractivity contribution is 0.366. The second-order valence-corrected chi connectivity index (χ2v) is 5.93. The van der Waals surface area contributed by atoms with Crippen molar-refractivity contribution in [2.45, 2.75) is 60.4 Å². The average molecular weight is 237 g/mol. The van der Waals surface area contributed by atoms with E-state index in [1.165, 1.54) is 12.8 Å². The van der Waals surface area contributed by atoms with Crippen molar-refractivity contribution in [1.82, 2.24) is 15.0 Å². The molecule has 1 aromatic rings. The van der Waals surface area contributed by atoms with Gasteiger partial charge in [0, 0.05) is 12.7 Å². The van der Waals surface area contributed by atoms with Gasteiger partial charge in [-0.1, -0.05) is 39.8 Å². The van der Waals surface area contributed by atoms with Crippen LogP contribution in [0.5, 0.6) is 0 Å². The summed E-state index contributed by atoms with van der Waals surface area (Å²) in [5.41, 5.74) is 1.12. The molecular weight excluding hydrogens is 210 g/mol. The molecule has 0 N–H and O–H groups in total. The van der Waals surface area contributed by atoms with Crippen molar-refractivity contribution in [2.24, 2.45) is 17.8 Å². The smallest absolute Gasteiger partial charge is 0.0829 e. The normalized spacial score (nSPS) is 13.6. The summed E-state index contributed by atoms with van der Waals surface area (Å²) in [5, 5.41) is 8.38. The fraction of sp³-hybridized carbons (Fsp3) is 0.857. The van der Waals surface area contributed by atoms with Crippen LogP contribution >= 0.6 is 0 Å².